The van der Waals surface area contributed by atoms with E-state index in [9.17, 15) is 0 Å². The second kappa shape index (κ2) is 4.66. The molecule has 4 heteroatoms. The molecule has 0 amide bonds. The molecule has 1 aliphatic heterocycles. The van der Waals surface area contributed by atoms with Crippen molar-refractivity contribution < 1.29 is 4.74 Å². The summed E-state index contributed by atoms with van der Waals surface area (Å²) in [4.78, 5) is 0. The molecule has 0 radical (unpaired) electrons. The summed E-state index contributed by atoms with van der Waals surface area (Å²) in [5.74, 6) is 0. The van der Waals surface area contributed by atoms with Gasteiger partial charge >= 0.3 is 0 Å². The predicted molar refractivity (Wildman–Crippen MR) is 63.2 cm³/mol. The van der Waals surface area contributed by atoms with Crippen LogP contribution in [0.2, 0.25) is 0 Å². The van der Waals surface area contributed by atoms with Crippen molar-refractivity contribution in [3.8, 4) is 0 Å². The Morgan fingerprint density at radius 1 is 1.53 bits per heavy atom. The first kappa shape index (κ1) is 11.1. The number of ether oxygens (including phenoxy) is 1. The number of aromatic nitrogens is 2. The van der Waals surface area contributed by atoms with E-state index in [1.165, 1.54) is 5.69 Å². The lowest BCUT2D eigenvalue weighted by molar-refractivity contribution is 0.0265. The van der Waals surface area contributed by atoms with Crippen LogP contribution in [-0.2, 0) is 18.2 Å². The lowest BCUT2D eigenvalue weighted by atomic mass is 9.78. The van der Waals surface area contributed by atoms with Gasteiger partial charge in [0.1, 0.15) is 0 Å². The van der Waals surface area contributed by atoms with E-state index in [1.54, 1.807) is 0 Å². The normalized spacial score (nSPS) is 20.4. The third kappa shape index (κ3) is 2.61. The second-order valence-corrected chi connectivity index (χ2v) is 4.96. The summed E-state index contributed by atoms with van der Waals surface area (Å²) < 4.78 is 7.29. The molecule has 1 fully saturated rings. The molecule has 3 nitrogen and oxygen atoms in total. The fourth-order valence-corrected chi connectivity index (χ4v) is 2.86. The minimum atomic E-state index is 0.354. The van der Waals surface area contributed by atoms with Crippen LogP contribution in [0.25, 0.3) is 0 Å². The standard InChI is InChI=1S/C11H17BrN2O/c1-14-5-2-10(13-14)8-11(9-12)3-6-15-7-4-11/h2,5H,3-4,6-9H2,1H3. The van der Waals surface area contributed by atoms with Gasteiger partial charge in [-0.2, -0.15) is 5.10 Å². The molecule has 0 saturated carbocycles. The zero-order chi connectivity index (χ0) is 10.7. The van der Waals surface area contributed by atoms with Gasteiger partial charge in [-0.05, 0) is 30.7 Å². The maximum atomic E-state index is 5.42. The minimum absolute atomic E-state index is 0.354. The summed E-state index contributed by atoms with van der Waals surface area (Å²) in [5.41, 5.74) is 1.55. The van der Waals surface area contributed by atoms with Crippen LogP contribution in [0.1, 0.15) is 18.5 Å². The van der Waals surface area contributed by atoms with Crippen LogP contribution in [0.4, 0.5) is 0 Å². The highest BCUT2D eigenvalue weighted by molar-refractivity contribution is 9.09. The average Bonchev–Trinajstić information content (AvgIpc) is 2.65. The van der Waals surface area contributed by atoms with E-state index in [-0.39, 0.29) is 0 Å². The van der Waals surface area contributed by atoms with Crippen LogP contribution < -0.4 is 0 Å². The highest BCUT2D eigenvalue weighted by Crippen LogP contribution is 2.35. The molecule has 2 rings (SSSR count). The van der Waals surface area contributed by atoms with Crippen molar-refractivity contribution in [3.63, 3.8) is 0 Å². The molecular weight excluding hydrogens is 256 g/mol. The molecule has 0 aliphatic carbocycles. The van der Waals surface area contributed by atoms with Crippen LogP contribution in [0.3, 0.4) is 0 Å². The maximum absolute atomic E-state index is 5.42. The molecule has 0 spiro atoms. The van der Waals surface area contributed by atoms with E-state index in [1.807, 2.05) is 17.9 Å². The Balaban J connectivity index is 2.06. The molecule has 0 N–H and O–H groups in total. The van der Waals surface area contributed by atoms with Gasteiger partial charge in [0.25, 0.3) is 0 Å². The van der Waals surface area contributed by atoms with Gasteiger partial charge in [-0.3, -0.25) is 4.68 Å². The predicted octanol–water partition coefficient (Wildman–Crippen LogP) is 2.15. The summed E-state index contributed by atoms with van der Waals surface area (Å²) in [6.45, 7) is 1.77. The van der Waals surface area contributed by atoms with Crippen molar-refractivity contribution in [2.75, 3.05) is 18.5 Å². The Morgan fingerprint density at radius 3 is 2.80 bits per heavy atom. The summed E-state index contributed by atoms with van der Waals surface area (Å²) in [6.07, 6.45) is 5.34. The third-order valence-electron chi connectivity index (χ3n) is 3.16. The largest absolute Gasteiger partial charge is 0.381 e. The number of rotatable bonds is 3. The molecule has 2 heterocycles. The first-order chi connectivity index (χ1) is 7.24. The van der Waals surface area contributed by atoms with E-state index < -0.39 is 0 Å². The molecule has 1 aliphatic rings. The highest BCUT2D eigenvalue weighted by Gasteiger charge is 2.32. The molecular formula is C11H17BrN2O. The number of alkyl halides is 1. The average molecular weight is 273 g/mol. The zero-order valence-corrected chi connectivity index (χ0v) is 10.7. The molecule has 1 saturated heterocycles. The number of hydrogen-bond donors (Lipinski definition) is 0. The molecule has 0 atom stereocenters. The Labute approximate surface area is 98.9 Å². The number of halogens is 1. The van der Waals surface area contributed by atoms with Crippen molar-refractivity contribution in [2.45, 2.75) is 19.3 Å². The summed E-state index contributed by atoms with van der Waals surface area (Å²) in [7, 11) is 1.97. The Morgan fingerprint density at radius 2 is 2.27 bits per heavy atom. The van der Waals surface area contributed by atoms with Gasteiger partial charge in [0.15, 0.2) is 0 Å². The van der Waals surface area contributed by atoms with Crippen molar-refractivity contribution >= 4 is 15.9 Å². The minimum Gasteiger partial charge on any atom is -0.381 e. The van der Waals surface area contributed by atoms with E-state index in [0.717, 1.165) is 37.8 Å². The van der Waals surface area contributed by atoms with Gasteiger partial charge in [-0.1, -0.05) is 15.9 Å². The number of nitrogens with zero attached hydrogens (tertiary/aromatic N) is 2. The molecule has 15 heavy (non-hydrogen) atoms. The Kier molecular flexibility index (Phi) is 3.46. The van der Waals surface area contributed by atoms with Crippen LogP contribution in [0, 0.1) is 5.41 Å². The number of hydrogen-bond acceptors (Lipinski definition) is 2. The maximum Gasteiger partial charge on any atom is 0.0630 e. The summed E-state index contributed by atoms with van der Waals surface area (Å²) in [6, 6.07) is 2.11. The first-order valence-electron chi connectivity index (χ1n) is 5.36. The van der Waals surface area contributed by atoms with Gasteiger partial charge < -0.3 is 4.74 Å². The zero-order valence-electron chi connectivity index (χ0n) is 9.08. The fourth-order valence-electron chi connectivity index (χ4n) is 2.10. The van der Waals surface area contributed by atoms with Gasteiger partial charge in [-0.15, -0.1) is 0 Å². The van der Waals surface area contributed by atoms with Crippen LogP contribution in [0.5, 0.6) is 0 Å². The van der Waals surface area contributed by atoms with E-state index in [2.05, 4.69) is 27.1 Å². The van der Waals surface area contributed by atoms with Crippen LogP contribution in [0.15, 0.2) is 12.3 Å². The van der Waals surface area contributed by atoms with Crippen LogP contribution in [-0.4, -0.2) is 28.3 Å². The van der Waals surface area contributed by atoms with Crippen molar-refractivity contribution in [3.05, 3.63) is 18.0 Å². The molecule has 0 bridgehead atoms. The van der Waals surface area contributed by atoms with Gasteiger partial charge in [0.05, 0.1) is 5.69 Å². The molecule has 0 aromatic carbocycles. The molecule has 1 aromatic rings. The van der Waals surface area contributed by atoms with Gasteiger partial charge in [0, 0.05) is 31.8 Å². The quantitative estimate of drug-likeness (QED) is 0.789. The lowest BCUT2D eigenvalue weighted by Crippen LogP contribution is -2.33. The van der Waals surface area contributed by atoms with Crippen LogP contribution >= 0.6 is 15.9 Å². The van der Waals surface area contributed by atoms with Crippen molar-refractivity contribution in [1.29, 1.82) is 0 Å². The smallest absolute Gasteiger partial charge is 0.0630 e. The Bertz CT molecular complexity index is 318. The molecule has 84 valence electrons. The van der Waals surface area contributed by atoms with Crippen molar-refractivity contribution in [1.82, 2.24) is 9.78 Å². The monoisotopic (exact) mass is 272 g/mol. The SMILES string of the molecule is Cn1ccc(CC2(CBr)CCOCC2)n1. The lowest BCUT2D eigenvalue weighted by Gasteiger charge is -2.35. The first-order valence-corrected chi connectivity index (χ1v) is 6.48. The molecule has 0 unspecified atom stereocenters. The van der Waals surface area contributed by atoms with Gasteiger partial charge in [0.2, 0.25) is 0 Å². The van der Waals surface area contributed by atoms with E-state index in [4.69, 9.17) is 4.74 Å². The molecule has 1 aromatic heterocycles. The second-order valence-electron chi connectivity index (χ2n) is 4.40. The third-order valence-corrected chi connectivity index (χ3v) is 4.35. The summed E-state index contributed by atoms with van der Waals surface area (Å²) >= 11 is 3.64. The Hall–Kier alpha value is -0.350. The number of aryl methyl sites for hydroxylation is 1. The summed E-state index contributed by atoms with van der Waals surface area (Å²) in [5, 5.41) is 5.49. The topological polar surface area (TPSA) is 27.1 Å². The van der Waals surface area contributed by atoms with Gasteiger partial charge in [-0.25, -0.2) is 0 Å². The van der Waals surface area contributed by atoms with E-state index >= 15 is 0 Å². The highest BCUT2D eigenvalue weighted by atomic mass is 79.9. The van der Waals surface area contributed by atoms with Crippen molar-refractivity contribution in [2.24, 2.45) is 12.5 Å². The van der Waals surface area contributed by atoms with E-state index in [0.29, 0.717) is 5.41 Å². The fraction of sp³-hybridized carbons (Fsp3) is 0.727.